The number of nitrogens with zero attached hydrogens (tertiary/aromatic N) is 1. The molecule has 0 saturated heterocycles. The number of carbonyl (C=O) groups excluding carboxylic acids is 2. The maximum Gasteiger partial charge on any atom is 0.255 e. The Bertz CT molecular complexity index is 1270. The SMILES string of the molecule is COc1c(F)cccc1Nc1c2[nH]c3c1C(=O)NC[C@H]3CC(=O)NCCCCNc1cnccc1-2. The molecule has 0 radical (unpaired) electrons. The minimum atomic E-state index is -0.521. The van der Waals surface area contributed by atoms with Gasteiger partial charge in [0.2, 0.25) is 5.91 Å². The summed E-state index contributed by atoms with van der Waals surface area (Å²) in [5, 5.41) is 12.5. The smallest absolute Gasteiger partial charge is 0.255 e. The molecule has 2 aliphatic heterocycles. The highest BCUT2D eigenvalue weighted by atomic mass is 19.1. The Kier molecular flexibility index (Phi) is 6.26. The van der Waals surface area contributed by atoms with Gasteiger partial charge in [-0.3, -0.25) is 14.6 Å². The van der Waals surface area contributed by atoms with Crippen LogP contribution >= 0.6 is 0 Å². The van der Waals surface area contributed by atoms with E-state index < -0.39 is 5.82 Å². The van der Waals surface area contributed by atoms with Gasteiger partial charge in [0.25, 0.3) is 5.91 Å². The molecule has 9 nitrogen and oxygen atoms in total. The number of amides is 2. The number of nitrogens with one attached hydrogen (secondary N) is 5. The maximum absolute atomic E-state index is 14.5. The first-order chi connectivity index (χ1) is 17.1. The van der Waals surface area contributed by atoms with Crippen molar-refractivity contribution < 1.29 is 18.7 Å². The van der Waals surface area contributed by atoms with E-state index in [-0.39, 0.29) is 29.9 Å². The lowest BCUT2D eigenvalue weighted by Gasteiger charge is -2.23. The van der Waals surface area contributed by atoms with Crippen LogP contribution in [0.25, 0.3) is 11.3 Å². The Labute approximate surface area is 201 Å². The van der Waals surface area contributed by atoms with Crippen molar-refractivity contribution in [1.82, 2.24) is 20.6 Å². The van der Waals surface area contributed by atoms with Crippen molar-refractivity contribution in [1.29, 1.82) is 0 Å². The summed E-state index contributed by atoms with van der Waals surface area (Å²) < 4.78 is 19.7. The first kappa shape index (κ1) is 22.7. The number of ether oxygens (including phenoxy) is 1. The second-order valence-electron chi connectivity index (χ2n) is 8.63. The molecule has 5 rings (SSSR count). The Hall–Kier alpha value is -4.08. The molecule has 35 heavy (non-hydrogen) atoms. The zero-order valence-corrected chi connectivity index (χ0v) is 19.3. The van der Waals surface area contributed by atoms with Crippen LogP contribution in [-0.4, -0.2) is 48.5 Å². The molecule has 0 saturated carbocycles. The summed E-state index contributed by atoms with van der Waals surface area (Å²) in [5.74, 6) is -1.06. The number of benzene rings is 1. The number of hydrogen-bond donors (Lipinski definition) is 5. The number of aromatic amines is 1. The van der Waals surface area contributed by atoms with Crippen molar-refractivity contribution in [3.05, 3.63) is 53.7 Å². The van der Waals surface area contributed by atoms with Gasteiger partial charge in [-0.2, -0.15) is 0 Å². The maximum atomic E-state index is 14.5. The van der Waals surface area contributed by atoms with Crippen LogP contribution in [0.2, 0.25) is 0 Å². The third-order valence-electron chi connectivity index (χ3n) is 6.37. The van der Waals surface area contributed by atoms with Crippen molar-refractivity contribution in [2.45, 2.75) is 25.2 Å². The van der Waals surface area contributed by atoms with E-state index >= 15 is 0 Å². The van der Waals surface area contributed by atoms with Crippen LogP contribution in [0.4, 0.5) is 21.5 Å². The number of anilines is 3. The van der Waals surface area contributed by atoms with Crippen LogP contribution in [0.3, 0.4) is 0 Å². The molecule has 10 heteroatoms. The van der Waals surface area contributed by atoms with Crippen LogP contribution in [-0.2, 0) is 4.79 Å². The van der Waals surface area contributed by atoms with E-state index in [1.54, 1.807) is 24.5 Å². The fourth-order valence-electron chi connectivity index (χ4n) is 4.67. The number of fused-ring (bicyclic) bond motifs is 3. The molecule has 4 heterocycles. The van der Waals surface area contributed by atoms with Crippen LogP contribution in [0.15, 0.2) is 36.7 Å². The van der Waals surface area contributed by atoms with Gasteiger partial charge in [0.1, 0.15) is 0 Å². The third-order valence-corrected chi connectivity index (χ3v) is 6.37. The molecule has 3 aromatic rings. The molecule has 5 N–H and O–H groups in total. The average Bonchev–Trinajstić information content (AvgIpc) is 3.23. The summed E-state index contributed by atoms with van der Waals surface area (Å²) in [5.41, 5.74) is 4.18. The highest BCUT2D eigenvalue weighted by molar-refractivity contribution is 6.07. The lowest BCUT2D eigenvalue weighted by molar-refractivity contribution is -0.121. The van der Waals surface area contributed by atoms with Gasteiger partial charge in [-0.05, 0) is 31.0 Å². The number of carbonyl (C=O) groups is 2. The van der Waals surface area contributed by atoms with Gasteiger partial charge in [0.05, 0.1) is 41.6 Å². The van der Waals surface area contributed by atoms with Crippen LogP contribution in [0.5, 0.6) is 5.75 Å². The molecule has 2 aromatic heterocycles. The lowest BCUT2D eigenvalue weighted by atomic mass is 9.93. The molecule has 2 aliphatic rings. The van der Waals surface area contributed by atoms with Crippen molar-refractivity contribution >= 4 is 28.9 Å². The van der Waals surface area contributed by atoms with E-state index in [4.69, 9.17) is 4.74 Å². The second kappa shape index (κ2) is 9.65. The summed E-state index contributed by atoms with van der Waals surface area (Å²) in [4.78, 5) is 33.5. The fourth-order valence-corrected chi connectivity index (χ4v) is 4.67. The average molecular weight is 479 g/mol. The Balaban J connectivity index is 1.71. The van der Waals surface area contributed by atoms with Gasteiger partial charge in [-0.1, -0.05) is 6.07 Å². The number of rotatable bonds is 3. The predicted molar refractivity (Wildman–Crippen MR) is 131 cm³/mol. The van der Waals surface area contributed by atoms with Gasteiger partial charge in [-0.25, -0.2) is 4.39 Å². The standard InChI is InChI=1S/C25H27FN6O3/c1-35-24-16(26)5-4-6-17(24)31-23-20-21-14(12-30-25(20)34)11-19(33)29-9-3-2-8-28-18-13-27-10-7-15(18)22(23)32-21/h4-7,10,13-14,28,31-32H,2-3,8-9,11-12H2,1H3,(H,29,33)(H,30,34)/t14-/m1/s1. The molecule has 182 valence electrons. The minimum absolute atomic E-state index is 0.0412. The summed E-state index contributed by atoms with van der Waals surface area (Å²) in [6.45, 7) is 1.62. The molecule has 0 unspecified atom stereocenters. The largest absolute Gasteiger partial charge is 0.492 e. The molecule has 2 amide bonds. The molecule has 1 atom stereocenters. The van der Waals surface area contributed by atoms with Crippen molar-refractivity contribution in [2.24, 2.45) is 0 Å². The van der Waals surface area contributed by atoms with E-state index in [2.05, 4.69) is 31.2 Å². The van der Waals surface area contributed by atoms with E-state index in [1.807, 2.05) is 6.07 Å². The van der Waals surface area contributed by atoms with E-state index in [9.17, 15) is 14.0 Å². The monoisotopic (exact) mass is 478 g/mol. The van der Waals surface area contributed by atoms with Crippen LogP contribution in [0.1, 0.15) is 41.2 Å². The molecule has 0 fully saturated rings. The molecular weight excluding hydrogens is 451 g/mol. The zero-order chi connectivity index (χ0) is 24.4. The topological polar surface area (TPSA) is 120 Å². The van der Waals surface area contributed by atoms with Gasteiger partial charge in [0, 0.05) is 49.4 Å². The first-order valence-corrected chi connectivity index (χ1v) is 11.7. The molecule has 1 aromatic carbocycles. The summed E-state index contributed by atoms with van der Waals surface area (Å²) in [6, 6.07) is 6.43. The van der Waals surface area contributed by atoms with Crippen molar-refractivity contribution in [2.75, 3.05) is 37.4 Å². The second-order valence-corrected chi connectivity index (χ2v) is 8.63. The summed E-state index contributed by atoms with van der Waals surface area (Å²) in [6.07, 6.45) is 5.37. The number of methoxy groups -OCH3 is 1. The molecule has 0 aliphatic carbocycles. The van der Waals surface area contributed by atoms with E-state index in [0.717, 1.165) is 24.1 Å². The Morgan fingerprint density at radius 3 is 2.77 bits per heavy atom. The van der Waals surface area contributed by atoms with E-state index in [1.165, 1.54) is 13.2 Å². The number of halogens is 1. The fraction of sp³-hybridized carbons (Fsp3) is 0.320. The molecule has 0 spiro atoms. The van der Waals surface area contributed by atoms with Crippen LogP contribution in [0, 0.1) is 5.82 Å². The summed E-state index contributed by atoms with van der Waals surface area (Å²) in [7, 11) is 1.39. The van der Waals surface area contributed by atoms with Gasteiger partial charge < -0.3 is 31.0 Å². The number of hydrogen-bond acceptors (Lipinski definition) is 6. The van der Waals surface area contributed by atoms with Crippen LogP contribution < -0.4 is 26.0 Å². The van der Waals surface area contributed by atoms with Gasteiger partial charge in [-0.15, -0.1) is 0 Å². The number of pyridine rings is 1. The highest BCUT2D eigenvalue weighted by Crippen LogP contribution is 2.43. The Morgan fingerprint density at radius 2 is 1.94 bits per heavy atom. The lowest BCUT2D eigenvalue weighted by Crippen LogP contribution is -2.37. The van der Waals surface area contributed by atoms with Crippen molar-refractivity contribution in [3.8, 4) is 17.0 Å². The highest BCUT2D eigenvalue weighted by Gasteiger charge is 2.34. The van der Waals surface area contributed by atoms with Gasteiger partial charge >= 0.3 is 0 Å². The minimum Gasteiger partial charge on any atom is -0.492 e. The summed E-state index contributed by atoms with van der Waals surface area (Å²) >= 11 is 0. The number of aromatic nitrogens is 2. The molecular formula is C25H27FN6O3. The predicted octanol–water partition coefficient (Wildman–Crippen LogP) is 3.51. The number of H-pyrrole nitrogens is 1. The first-order valence-electron chi connectivity index (χ1n) is 11.7. The third kappa shape index (κ3) is 4.39. The molecule has 2 bridgehead atoms. The number of para-hydroxylation sites is 1. The van der Waals surface area contributed by atoms with Gasteiger partial charge in [0.15, 0.2) is 11.6 Å². The Morgan fingerprint density at radius 1 is 1.11 bits per heavy atom. The quantitative estimate of drug-likeness (QED) is 0.393. The van der Waals surface area contributed by atoms with E-state index in [0.29, 0.717) is 48.0 Å². The normalized spacial score (nSPS) is 17.8. The van der Waals surface area contributed by atoms with Crippen molar-refractivity contribution in [3.63, 3.8) is 0 Å². The zero-order valence-electron chi connectivity index (χ0n) is 19.3.